The molecule has 0 radical (unpaired) electrons. The molecule has 0 unspecified atom stereocenters. The maximum absolute atomic E-state index is 6.22. The molecule has 0 fully saturated rings. The number of hydrogen-bond donors (Lipinski definition) is 2. The number of benzene rings is 1. The molecule has 3 aromatic heterocycles. The number of fused-ring (bicyclic) bond motifs is 2. The summed E-state index contributed by atoms with van der Waals surface area (Å²) in [5.74, 6) is 1.33. The average molecular weight is 398 g/mol. The second-order valence-corrected chi connectivity index (χ2v) is 7.66. The summed E-state index contributed by atoms with van der Waals surface area (Å²) in [5, 5.41) is 8.62. The molecular weight excluding hydrogens is 374 g/mol. The Morgan fingerprint density at radius 1 is 1.25 bits per heavy atom. The number of thiophene rings is 1. The number of nitrogens with one attached hydrogen (secondary N) is 1. The van der Waals surface area contributed by atoms with Crippen molar-refractivity contribution in [2.45, 2.75) is 13.5 Å². The van der Waals surface area contributed by atoms with Gasteiger partial charge in [-0.25, -0.2) is 9.50 Å². The highest BCUT2D eigenvalue weighted by Gasteiger charge is 2.18. The Hall–Kier alpha value is -2.68. The minimum Gasteiger partial charge on any atom is -0.495 e. The van der Waals surface area contributed by atoms with Crippen molar-refractivity contribution in [3.05, 3.63) is 41.9 Å². The van der Waals surface area contributed by atoms with E-state index in [9.17, 15) is 0 Å². The summed E-state index contributed by atoms with van der Waals surface area (Å²) >= 11 is 1.68. The van der Waals surface area contributed by atoms with Gasteiger partial charge in [0.2, 0.25) is 0 Å². The molecule has 4 aromatic rings. The topological polar surface area (TPSA) is 86.7 Å². The second kappa shape index (κ2) is 7.75. The standard InChI is InChI=1S/C20H23N5O2S/c1-12-6-13-8-17(28-19(13)16(7-12)26-3)15-9-14(10-27-5-4-22-2)25-18(15)20(21)23-11-24-25/h6-9,11,22H,4-5,10H2,1-3H3,(H2,21,23,24). The fourth-order valence-electron chi connectivity index (χ4n) is 3.32. The summed E-state index contributed by atoms with van der Waals surface area (Å²) in [6, 6.07) is 8.48. The van der Waals surface area contributed by atoms with Gasteiger partial charge in [0.25, 0.3) is 0 Å². The molecule has 0 spiro atoms. The fourth-order valence-corrected chi connectivity index (χ4v) is 4.47. The minimum atomic E-state index is 0.451. The summed E-state index contributed by atoms with van der Waals surface area (Å²) in [5.41, 5.74) is 10.1. The van der Waals surface area contributed by atoms with Crippen molar-refractivity contribution in [2.75, 3.05) is 33.0 Å². The Labute approximate surface area is 167 Å². The number of anilines is 1. The number of nitrogens with zero attached hydrogens (tertiary/aromatic N) is 3. The molecule has 0 saturated carbocycles. The predicted molar refractivity (Wildman–Crippen MR) is 113 cm³/mol. The highest BCUT2D eigenvalue weighted by molar-refractivity contribution is 7.22. The maximum atomic E-state index is 6.22. The summed E-state index contributed by atoms with van der Waals surface area (Å²) < 4.78 is 14.3. The zero-order valence-electron chi connectivity index (χ0n) is 16.2. The van der Waals surface area contributed by atoms with Crippen molar-refractivity contribution in [1.82, 2.24) is 19.9 Å². The lowest BCUT2D eigenvalue weighted by Gasteiger charge is -2.04. The zero-order chi connectivity index (χ0) is 19.7. The van der Waals surface area contributed by atoms with Gasteiger partial charge in [-0.3, -0.25) is 0 Å². The van der Waals surface area contributed by atoms with Crippen LogP contribution in [0.3, 0.4) is 0 Å². The van der Waals surface area contributed by atoms with Crippen LogP contribution in [0.5, 0.6) is 5.75 Å². The number of ether oxygens (including phenoxy) is 2. The first-order valence-corrected chi connectivity index (χ1v) is 9.86. The molecule has 4 rings (SSSR count). The van der Waals surface area contributed by atoms with Gasteiger partial charge < -0.3 is 20.5 Å². The predicted octanol–water partition coefficient (Wildman–Crippen LogP) is 3.25. The highest BCUT2D eigenvalue weighted by atomic mass is 32.1. The van der Waals surface area contributed by atoms with Crippen LogP contribution in [0.25, 0.3) is 26.0 Å². The fraction of sp³-hybridized carbons (Fsp3) is 0.300. The molecule has 8 heteroatoms. The van der Waals surface area contributed by atoms with Crippen LogP contribution in [0.15, 0.2) is 30.6 Å². The van der Waals surface area contributed by atoms with Crippen molar-refractivity contribution >= 4 is 32.8 Å². The van der Waals surface area contributed by atoms with Crippen LogP contribution in [0.4, 0.5) is 5.82 Å². The number of nitrogen functional groups attached to an aromatic ring is 1. The van der Waals surface area contributed by atoms with Crippen molar-refractivity contribution in [1.29, 1.82) is 0 Å². The van der Waals surface area contributed by atoms with Crippen LogP contribution in [0.2, 0.25) is 0 Å². The van der Waals surface area contributed by atoms with E-state index in [1.807, 2.05) is 11.6 Å². The van der Waals surface area contributed by atoms with Gasteiger partial charge in [0.15, 0.2) is 5.82 Å². The highest BCUT2D eigenvalue weighted by Crippen LogP contribution is 2.42. The first-order chi connectivity index (χ1) is 13.6. The molecule has 0 aliphatic carbocycles. The number of nitrogens with two attached hydrogens (primary N) is 1. The molecule has 0 amide bonds. The number of methoxy groups -OCH3 is 1. The van der Waals surface area contributed by atoms with Crippen LogP contribution in [0, 0.1) is 6.92 Å². The van der Waals surface area contributed by atoms with Crippen LogP contribution in [-0.4, -0.2) is 41.9 Å². The number of likely N-dealkylation sites (N-methyl/N-ethyl adjacent to an activating group) is 1. The maximum Gasteiger partial charge on any atom is 0.152 e. The van der Waals surface area contributed by atoms with Gasteiger partial charge in [-0.2, -0.15) is 5.10 Å². The van der Waals surface area contributed by atoms with E-state index in [4.69, 9.17) is 15.2 Å². The number of aromatic nitrogens is 3. The van der Waals surface area contributed by atoms with E-state index in [-0.39, 0.29) is 0 Å². The number of aryl methyl sites for hydroxylation is 1. The largest absolute Gasteiger partial charge is 0.495 e. The molecule has 1 aromatic carbocycles. The Kier molecular flexibility index (Phi) is 5.17. The lowest BCUT2D eigenvalue weighted by Crippen LogP contribution is -2.14. The van der Waals surface area contributed by atoms with Crippen molar-refractivity contribution < 1.29 is 9.47 Å². The van der Waals surface area contributed by atoms with E-state index < -0.39 is 0 Å². The molecule has 0 bridgehead atoms. The number of hydrogen-bond acceptors (Lipinski definition) is 7. The van der Waals surface area contributed by atoms with Gasteiger partial charge in [0.1, 0.15) is 17.6 Å². The van der Waals surface area contributed by atoms with Crippen LogP contribution in [-0.2, 0) is 11.3 Å². The third kappa shape index (κ3) is 3.30. The monoisotopic (exact) mass is 397 g/mol. The first kappa shape index (κ1) is 18.7. The lowest BCUT2D eigenvalue weighted by atomic mass is 10.1. The van der Waals surface area contributed by atoms with Gasteiger partial charge in [0.05, 0.1) is 30.7 Å². The van der Waals surface area contributed by atoms with Crippen molar-refractivity contribution in [2.24, 2.45) is 0 Å². The molecule has 146 valence electrons. The van der Waals surface area contributed by atoms with E-state index in [2.05, 4.69) is 46.6 Å². The molecule has 0 saturated heterocycles. The third-order valence-corrected chi connectivity index (χ3v) is 5.81. The molecule has 28 heavy (non-hydrogen) atoms. The molecule has 7 nitrogen and oxygen atoms in total. The van der Waals surface area contributed by atoms with Crippen LogP contribution in [0.1, 0.15) is 11.3 Å². The van der Waals surface area contributed by atoms with E-state index in [0.29, 0.717) is 19.0 Å². The normalized spacial score (nSPS) is 11.5. The SMILES string of the molecule is CNCCOCc1cc(-c2cc3cc(C)cc(OC)c3s2)c2c(N)ncnn12. The molecule has 0 aliphatic heterocycles. The Bertz CT molecular complexity index is 1130. The molecule has 3 heterocycles. The average Bonchev–Trinajstić information content (AvgIpc) is 3.27. The van der Waals surface area contributed by atoms with Gasteiger partial charge in [-0.05, 0) is 43.1 Å². The van der Waals surface area contributed by atoms with Gasteiger partial charge in [-0.15, -0.1) is 11.3 Å². The first-order valence-electron chi connectivity index (χ1n) is 9.04. The minimum absolute atomic E-state index is 0.451. The molecular formula is C20H23N5O2S. The quantitative estimate of drug-likeness (QED) is 0.466. The summed E-state index contributed by atoms with van der Waals surface area (Å²) in [4.78, 5) is 5.29. The second-order valence-electron chi connectivity index (χ2n) is 6.61. The van der Waals surface area contributed by atoms with Gasteiger partial charge in [-0.1, -0.05) is 6.07 Å². The van der Waals surface area contributed by atoms with E-state index >= 15 is 0 Å². The van der Waals surface area contributed by atoms with E-state index in [0.717, 1.165) is 49.6 Å². The van der Waals surface area contributed by atoms with E-state index in [1.165, 1.54) is 6.33 Å². The summed E-state index contributed by atoms with van der Waals surface area (Å²) in [7, 11) is 3.60. The number of rotatable bonds is 7. The van der Waals surface area contributed by atoms with Gasteiger partial charge >= 0.3 is 0 Å². The van der Waals surface area contributed by atoms with Gasteiger partial charge in [0, 0.05) is 17.0 Å². The summed E-state index contributed by atoms with van der Waals surface area (Å²) in [6.45, 7) is 3.94. The van der Waals surface area contributed by atoms with Crippen LogP contribution >= 0.6 is 11.3 Å². The van der Waals surface area contributed by atoms with Crippen molar-refractivity contribution in [3.8, 4) is 16.2 Å². The molecule has 0 aliphatic rings. The zero-order valence-corrected chi connectivity index (χ0v) is 17.0. The van der Waals surface area contributed by atoms with Crippen molar-refractivity contribution in [3.63, 3.8) is 0 Å². The Morgan fingerprint density at radius 2 is 2.11 bits per heavy atom. The Balaban J connectivity index is 1.83. The summed E-state index contributed by atoms with van der Waals surface area (Å²) in [6.07, 6.45) is 1.47. The Morgan fingerprint density at radius 3 is 2.89 bits per heavy atom. The van der Waals surface area contributed by atoms with Crippen LogP contribution < -0.4 is 15.8 Å². The molecule has 0 atom stereocenters. The van der Waals surface area contributed by atoms with E-state index in [1.54, 1.807) is 18.4 Å². The lowest BCUT2D eigenvalue weighted by molar-refractivity contribution is 0.120. The third-order valence-electron chi connectivity index (χ3n) is 4.61. The molecule has 3 N–H and O–H groups in total. The smallest absolute Gasteiger partial charge is 0.152 e.